The van der Waals surface area contributed by atoms with Crippen molar-refractivity contribution in [3.8, 4) is 5.75 Å². The van der Waals surface area contributed by atoms with E-state index in [4.69, 9.17) is 4.74 Å². The van der Waals surface area contributed by atoms with Crippen LogP contribution in [-0.4, -0.2) is 52.4 Å². The summed E-state index contributed by atoms with van der Waals surface area (Å²) in [6.45, 7) is 4.77. The molecule has 0 N–H and O–H groups in total. The van der Waals surface area contributed by atoms with Gasteiger partial charge >= 0.3 is 0 Å². The van der Waals surface area contributed by atoms with E-state index in [1.807, 2.05) is 56.4 Å². The molecule has 3 aromatic rings. The first-order valence-corrected chi connectivity index (χ1v) is 11.0. The summed E-state index contributed by atoms with van der Waals surface area (Å²) in [5.74, 6) is -0.320. The maximum absolute atomic E-state index is 13.7. The van der Waals surface area contributed by atoms with Gasteiger partial charge in [0.2, 0.25) is 5.91 Å². The zero-order valence-corrected chi connectivity index (χ0v) is 19.1. The monoisotopic (exact) mass is 449 g/mol. The fourth-order valence-electron chi connectivity index (χ4n) is 4.38. The van der Waals surface area contributed by atoms with Gasteiger partial charge in [-0.3, -0.25) is 9.59 Å². The minimum Gasteiger partial charge on any atom is -0.496 e. The van der Waals surface area contributed by atoms with Crippen molar-refractivity contribution < 1.29 is 18.7 Å². The molecule has 0 radical (unpaired) electrons. The Bertz CT molecular complexity index is 1160. The molecule has 0 saturated carbocycles. The fourth-order valence-corrected chi connectivity index (χ4v) is 4.38. The summed E-state index contributed by atoms with van der Waals surface area (Å²) in [6.07, 6.45) is 2.01. The SMILES string of the molecule is COc1ccccc1C1c2cccn2CCN1C(=O)CN(C(=O)c1cccc(F)c1)C(C)C. The Kier molecular flexibility index (Phi) is 6.49. The third-order valence-corrected chi connectivity index (χ3v) is 6.05. The normalized spacial score (nSPS) is 15.3. The summed E-state index contributed by atoms with van der Waals surface area (Å²) in [5.41, 5.74) is 2.11. The van der Waals surface area contributed by atoms with E-state index in [-0.39, 0.29) is 36.0 Å². The lowest BCUT2D eigenvalue weighted by atomic mass is 9.98. The summed E-state index contributed by atoms with van der Waals surface area (Å²) in [5, 5.41) is 0. The molecular weight excluding hydrogens is 421 g/mol. The van der Waals surface area contributed by atoms with Crippen LogP contribution in [-0.2, 0) is 11.3 Å². The molecule has 172 valence electrons. The Labute approximate surface area is 193 Å². The van der Waals surface area contributed by atoms with E-state index in [1.165, 1.54) is 23.1 Å². The molecule has 2 aromatic carbocycles. The number of carbonyl (C=O) groups excluding carboxylic acids is 2. The fraction of sp³-hybridized carbons (Fsp3) is 0.308. The number of rotatable bonds is 6. The van der Waals surface area contributed by atoms with Crippen molar-refractivity contribution in [2.24, 2.45) is 0 Å². The maximum Gasteiger partial charge on any atom is 0.254 e. The molecule has 0 bridgehead atoms. The van der Waals surface area contributed by atoms with Crippen LogP contribution in [0.2, 0.25) is 0 Å². The number of carbonyl (C=O) groups is 2. The third kappa shape index (κ3) is 4.49. The topological polar surface area (TPSA) is 54.8 Å². The van der Waals surface area contributed by atoms with Crippen molar-refractivity contribution in [3.05, 3.63) is 89.5 Å². The number of aromatic nitrogens is 1. The lowest BCUT2D eigenvalue weighted by molar-refractivity contribution is -0.135. The Balaban J connectivity index is 1.66. The zero-order chi connectivity index (χ0) is 23.5. The van der Waals surface area contributed by atoms with Gasteiger partial charge in [0.05, 0.1) is 7.11 Å². The summed E-state index contributed by atoms with van der Waals surface area (Å²) in [4.78, 5) is 30.1. The second-order valence-corrected chi connectivity index (χ2v) is 8.40. The highest BCUT2D eigenvalue weighted by Gasteiger charge is 2.35. The van der Waals surface area contributed by atoms with Crippen LogP contribution >= 0.6 is 0 Å². The number of fused-ring (bicyclic) bond motifs is 1. The number of amides is 2. The second-order valence-electron chi connectivity index (χ2n) is 8.40. The van der Waals surface area contributed by atoms with Crippen LogP contribution < -0.4 is 4.74 Å². The summed E-state index contributed by atoms with van der Waals surface area (Å²) >= 11 is 0. The number of para-hydroxylation sites is 1. The number of benzene rings is 2. The lowest BCUT2D eigenvalue weighted by Crippen LogP contribution is -2.49. The molecule has 1 aromatic heterocycles. The van der Waals surface area contributed by atoms with Gasteiger partial charge < -0.3 is 19.1 Å². The van der Waals surface area contributed by atoms with Gasteiger partial charge in [-0.1, -0.05) is 24.3 Å². The van der Waals surface area contributed by atoms with E-state index >= 15 is 0 Å². The summed E-state index contributed by atoms with van der Waals surface area (Å²) in [6, 6.07) is 16.6. The number of halogens is 1. The van der Waals surface area contributed by atoms with Gasteiger partial charge in [-0.25, -0.2) is 4.39 Å². The van der Waals surface area contributed by atoms with Crippen LogP contribution in [0.15, 0.2) is 66.9 Å². The van der Waals surface area contributed by atoms with Crippen molar-refractivity contribution in [2.75, 3.05) is 20.2 Å². The molecule has 7 heteroatoms. The lowest BCUT2D eigenvalue weighted by Gasteiger charge is -2.39. The standard InChI is InChI=1S/C26H28FN3O3/c1-18(2)30(26(32)19-8-6-9-20(27)16-19)17-24(31)29-15-14-28-13-7-11-22(28)25(29)21-10-4-5-12-23(21)33-3/h4-13,16,18,25H,14-15,17H2,1-3H3. The van der Waals surface area contributed by atoms with Crippen molar-refractivity contribution in [1.29, 1.82) is 0 Å². The number of nitrogens with zero attached hydrogens (tertiary/aromatic N) is 3. The minimum absolute atomic E-state index is 0.0978. The molecular formula is C26H28FN3O3. The Morgan fingerprint density at radius 3 is 2.61 bits per heavy atom. The smallest absolute Gasteiger partial charge is 0.254 e. The van der Waals surface area contributed by atoms with Gasteiger partial charge in [-0.15, -0.1) is 0 Å². The predicted octanol–water partition coefficient (Wildman–Crippen LogP) is 4.12. The first kappa shape index (κ1) is 22.6. The Morgan fingerprint density at radius 1 is 1.09 bits per heavy atom. The van der Waals surface area contributed by atoms with Gasteiger partial charge in [-0.2, -0.15) is 0 Å². The highest BCUT2D eigenvalue weighted by Crippen LogP contribution is 2.37. The minimum atomic E-state index is -0.482. The average Bonchev–Trinajstić information content (AvgIpc) is 3.30. The molecule has 0 aliphatic carbocycles. The molecule has 2 heterocycles. The summed E-state index contributed by atoms with van der Waals surface area (Å²) in [7, 11) is 1.62. The van der Waals surface area contributed by atoms with Gasteiger partial charge in [0, 0.05) is 42.1 Å². The predicted molar refractivity (Wildman–Crippen MR) is 124 cm³/mol. The highest BCUT2D eigenvalue weighted by atomic mass is 19.1. The average molecular weight is 450 g/mol. The molecule has 0 saturated heterocycles. The third-order valence-electron chi connectivity index (χ3n) is 6.05. The number of hydrogen-bond donors (Lipinski definition) is 0. The van der Waals surface area contributed by atoms with Crippen molar-refractivity contribution >= 4 is 11.8 Å². The van der Waals surface area contributed by atoms with E-state index in [2.05, 4.69) is 4.57 Å². The first-order valence-electron chi connectivity index (χ1n) is 11.0. The maximum atomic E-state index is 13.7. The first-order chi connectivity index (χ1) is 15.9. The number of hydrogen-bond acceptors (Lipinski definition) is 3. The second kappa shape index (κ2) is 9.48. The summed E-state index contributed by atoms with van der Waals surface area (Å²) < 4.78 is 21.4. The van der Waals surface area contributed by atoms with Gasteiger partial charge in [0.25, 0.3) is 5.91 Å². The molecule has 1 unspecified atom stereocenters. The van der Waals surface area contributed by atoms with Crippen molar-refractivity contribution in [1.82, 2.24) is 14.4 Å². The van der Waals surface area contributed by atoms with E-state index in [0.717, 1.165) is 11.3 Å². The van der Waals surface area contributed by atoms with Crippen molar-refractivity contribution in [2.45, 2.75) is 32.5 Å². The number of methoxy groups -OCH3 is 1. The van der Waals surface area contributed by atoms with Crippen LogP contribution in [0.4, 0.5) is 4.39 Å². The molecule has 1 aliphatic heterocycles. The molecule has 0 spiro atoms. The molecule has 1 atom stereocenters. The van der Waals surface area contributed by atoms with E-state index in [9.17, 15) is 14.0 Å². The van der Waals surface area contributed by atoms with E-state index < -0.39 is 5.82 Å². The molecule has 2 amide bonds. The van der Waals surface area contributed by atoms with Crippen molar-refractivity contribution in [3.63, 3.8) is 0 Å². The molecule has 1 aliphatic rings. The van der Waals surface area contributed by atoms with Gasteiger partial charge in [0.15, 0.2) is 0 Å². The van der Waals surface area contributed by atoms with Gasteiger partial charge in [0.1, 0.15) is 24.2 Å². The van der Waals surface area contributed by atoms with Crippen LogP contribution in [0.3, 0.4) is 0 Å². The van der Waals surface area contributed by atoms with Crippen LogP contribution in [0.5, 0.6) is 5.75 Å². The van der Waals surface area contributed by atoms with Gasteiger partial charge in [-0.05, 0) is 50.2 Å². The quantitative estimate of drug-likeness (QED) is 0.569. The highest BCUT2D eigenvalue weighted by molar-refractivity contribution is 5.96. The van der Waals surface area contributed by atoms with E-state index in [0.29, 0.717) is 18.8 Å². The van der Waals surface area contributed by atoms with E-state index in [1.54, 1.807) is 18.1 Å². The molecule has 6 nitrogen and oxygen atoms in total. The Morgan fingerprint density at radius 2 is 1.88 bits per heavy atom. The largest absolute Gasteiger partial charge is 0.496 e. The number of ether oxygens (including phenoxy) is 1. The van der Waals surface area contributed by atoms with Crippen LogP contribution in [0.1, 0.15) is 41.5 Å². The van der Waals surface area contributed by atoms with Crippen LogP contribution in [0.25, 0.3) is 0 Å². The Hall–Kier alpha value is -3.61. The molecule has 4 rings (SSSR count). The zero-order valence-electron chi connectivity index (χ0n) is 19.1. The molecule has 0 fully saturated rings. The van der Waals surface area contributed by atoms with Crippen LogP contribution in [0, 0.1) is 5.82 Å². The molecule has 33 heavy (non-hydrogen) atoms.